The first-order valence-electron chi connectivity index (χ1n) is 10.9. The zero-order valence-corrected chi connectivity index (χ0v) is 18.2. The highest BCUT2D eigenvalue weighted by atomic mass is 16.2. The van der Waals surface area contributed by atoms with Crippen molar-refractivity contribution < 1.29 is 9.59 Å². The van der Waals surface area contributed by atoms with Crippen LogP contribution in [0.5, 0.6) is 0 Å². The number of carbonyl (C=O) groups is 2. The van der Waals surface area contributed by atoms with Crippen LogP contribution in [0.2, 0.25) is 0 Å². The van der Waals surface area contributed by atoms with E-state index in [4.69, 9.17) is 5.73 Å². The predicted octanol–water partition coefficient (Wildman–Crippen LogP) is 2.31. The van der Waals surface area contributed by atoms with Gasteiger partial charge in [-0.1, -0.05) is 30.3 Å². The van der Waals surface area contributed by atoms with Gasteiger partial charge in [0, 0.05) is 24.7 Å². The monoisotopic (exact) mass is 433 g/mol. The van der Waals surface area contributed by atoms with Gasteiger partial charge in [-0.05, 0) is 32.3 Å². The molecule has 2 aromatic heterocycles. The standard InChI is InChI=1S/C23H27N7O2/c1-14-12-29(18(15-6-4-3-5-7-15)13-30(14)23(2)8-9-23)22(32)21(31)27-17-11-25-20(24)16-10-26-28-19(16)17/h3-7,10-11,14,18H,8-9,12-13H2,1-2H3,(H2,24,25)(H,26,28)(H,27,31). The van der Waals surface area contributed by atoms with E-state index in [1.54, 1.807) is 11.1 Å². The van der Waals surface area contributed by atoms with Gasteiger partial charge in [0.15, 0.2) is 0 Å². The molecule has 5 rings (SSSR count). The highest BCUT2D eigenvalue weighted by molar-refractivity contribution is 6.40. The predicted molar refractivity (Wildman–Crippen MR) is 122 cm³/mol. The fraction of sp³-hybridized carbons (Fsp3) is 0.391. The molecule has 1 aliphatic carbocycles. The van der Waals surface area contributed by atoms with E-state index in [2.05, 4.69) is 39.2 Å². The zero-order valence-electron chi connectivity index (χ0n) is 18.2. The van der Waals surface area contributed by atoms with Crippen LogP contribution < -0.4 is 11.1 Å². The average molecular weight is 434 g/mol. The first kappa shape index (κ1) is 20.4. The molecule has 9 nitrogen and oxygen atoms in total. The third kappa shape index (κ3) is 3.48. The third-order valence-electron chi connectivity index (χ3n) is 6.81. The summed E-state index contributed by atoms with van der Waals surface area (Å²) in [5.41, 5.74) is 7.99. The van der Waals surface area contributed by atoms with Crippen LogP contribution in [0.4, 0.5) is 11.5 Å². The summed E-state index contributed by atoms with van der Waals surface area (Å²) in [6, 6.07) is 9.89. The van der Waals surface area contributed by atoms with Crippen molar-refractivity contribution in [2.24, 2.45) is 0 Å². The molecule has 0 spiro atoms. The molecule has 0 bridgehead atoms. The van der Waals surface area contributed by atoms with E-state index in [1.165, 1.54) is 6.20 Å². The number of fused-ring (bicyclic) bond motifs is 1. The van der Waals surface area contributed by atoms with Gasteiger partial charge in [-0.2, -0.15) is 5.10 Å². The van der Waals surface area contributed by atoms with E-state index < -0.39 is 11.8 Å². The quantitative estimate of drug-likeness (QED) is 0.545. The van der Waals surface area contributed by atoms with Gasteiger partial charge in [-0.3, -0.25) is 19.6 Å². The molecule has 9 heteroatoms. The van der Waals surface area contributed by atoms with Gasteiger partial charge in [-0.25, -0.2) is 4.98 Å². The Morgan fingerprint density at radius 1 is 1.19 bits per heavy atom. The number of anilines is 2. The summed E-state index contributed by atoms with van der Waals surface area (Å²) in [7, 11) is 0. The number of pyridine rings is 1. The van der Waals surface area contributed by atoms with E-state index >= 15 is 0 Å². The van der Waals surface area contributed by atoms with Crippen LogP contribution in [0.1, 0.15) is 38.3 Å². The molecule has 0 radical (unpaired) electrons. The number of aromatic nitrogens is 3. The Balaban J connectivity index is 1.42. The van der Waals surface area contributed by atoms with Gasteiger partial charge in [0.25, 0.3) is 0 Å². The van der Waals surface area contributed by atoms with Crippen LogP contribution in [0.25, 0.3) is 10.9 Å². The van der Waals surface area contributed by atoms with Gasteiger partial charge in [-0.15, -0.1) is 0 Å². The first-order valence-corrected chi connectivity index (χ1v) is 10.9. The minimum atomic E-state index is -0.702. The lowest BCUT2D eigenvalue weighted by molar-refractivity contribution is -0.148. The molecule has 1 saturated carbocycles. The van der Waals surface area contributed by atoms with Gasteiger partial charge in [0.1, 0.15) is 5.82 Å². The number of nitrogen functional groups attached to an aromatic ring is 1. The highest BCUT2D eigenvalue weighted by Gasteiger charge is 2.49. The number of nitrogens with two attached hydrogens (primary N) is 1. The molecule has 3 heterocycles. The number of amides is 2. The summed E-state index contributed by atoms with van der Waals surface area (Å²) in [5, 5.41) is 10.1. The normalized spacial score (nSPS) is 22.6. The molecule has 2 fully saturated rings. The number of aromatic amines is 1. The number of hydrogen-bond acceptors (Lipinski definition) is 6. The number of nitrogens with one attached hydrogen (secondary N) is 2. The summed E-state index contributed by atoms with van der Waals surface area (Å²) in [6.45, 7) is 5.59. The van der Waals surface area contributed by atoms with E-state index in [0.717, 1.165) is 18.4 Å². The maximum Gasteiger partial charge on any atom is 0.314 e. The molecule has 2 amide bonds. The second kappa shape index (κ2) is 7.59. The molecule has 166 valence electrons. The molecule has 2 aliphatic rings. The highest BCUT2D eigenvalue weighted by Crippen LogP contribution is 2.45. The van der Waals surface area contributed by atoms with Crippen molar-refractivity contribution in [3.05, 3.63) is 48.3 Å². The largest absolute Gasteiger partial charge is 0.383 e. The maximum atomic E-state index is 13.4. The first-order chi connectivity index (χ1) is 15.4. The van der Waals surface area contributed by atoms with E-state index in [9.17, 15) is 9.59 Å². The molecule has 2 atom stereocenters. The van der Waals surface area contributed by atoms with Crippen LogP contribution in [0, 0.1) is 0 Å². The van der Waals surface area contributed by atoms with Crippen molar-refractivity contribution in [1.29, 1.82) is 0 Å². The summed E-state index contributed by atoms with van der Waals surface area (Å²) < 4.78 is 0. The number of rotatable bonds is 3. The molecule has 4 N–H and O–H groups in total. The maximum absolute atomic E-state index is 13.4. The summed E-state index contributed by atoms with van der Waals surface area (Å²) in [5.74, 6) is -0.955. The van der Waals surface area contributed by atoms with Crippen molar-refractivity contribution in [1.82, 2.24) is 25.0 Å². The lowest BCUT2D eigenvalue weighted by Gasteiger charge is -2.48. The van der Waals surface area contributed by atoms with Crippen LogP contribution in [-0.2, 0) is 9.59 Å². The topological polar surface area (TPSA) is 120 Å². The number of benzene rings is 1. The van der Waals surface area contributed by atoms with Gasteiger partial charge < -0.3 is 16.0 Å². The molecule has 3 aromatic rings. The van der Waals surface area contributed by atoms with Crippen LogP contribution in [0.15, 0.2) is 42.7 Å². The van der Waals surface area contributed by atoms with Crippen molar-refractivity contribution in [3.63, 3.8) is 0 Å². The molecule has 2 unspecified atom stereocenters. The minimum absolute atomic E-state index is 0.164. The summed E-state index contributed by atoms with van der Waals surface area (Å²) in [6.07, 6.45) is 5.30. The van der Waals surface area contributed by atoms with Crippen LogP contribution in [0.3, 0.4) is 0 Å². The molecule has 1 aliphatic heterocycles. The van der Waals surface area contributed by atoms with Gasteiger partial charge in [0.2, 0.25) is 0 Å². The Kier molecular flexibility index (Phi) is 4.85. The average Bonchev–Trinajstić information content (AvgIpc) is 3.33. The van der Waals surface area contributed by atoms with Gasteiger partial charge in [0.05, 0.1) is 35.0 Å². The molecule has 32 heavy (non-hydrogen) atoms. The smallest absolute Gasteiger partial charge is 0.314 e. The third-order valence-corrected chi connectivity index (χ3v) is 6.81. The number of piperazine rings is 1. The summed E-state index contributed by atoms with van der Waals surface area (Å²) in [4.78, 5) is 34.7. The van der Waals surface area contributed by atoms with E-state index in [1.807, 2.05) is 30.3 Å². The zero-order chi connectivity index (χ0) is 22.5. The lowest BCUT2D eigenvalue weighted by atomic mass is 9.97. The van der Waals surface area contributed by atoms with Crippen molar-refractivity contribution in [2.45, 2.75) is 44.3 Å². The molecular weight excluding hydrogens is 406 g/mol. The Bertz CT molecular complexity index is 1170. The van der Waals surface area contributed by atoms with Crippen LogP contribution in [-0.4, -0.2) is 61.5 Å². The van der Waals surface area contributed by atoms with Crippen LogP contribution >= 0.6 is 0 Å². The fourth-order valence-corrected chi connectivity index (χ4v) is 4.74. The Hall–Kier alpha value is -3.46. The molecule has 1 aromatic carbocycles. The van der Waals surface area contributed by atoms with Crippen molar-refractivity contribution in [2.75, 3.05) is 24.1 Å². The SMILES string of the molecule is CC1CN(C(=O)C(=O)Nc2cnc(N)c3cn[nH]c23)C(c2ccccc2)CN1C1(C)CC1. The van der Waals surface area contributed by atoms with E-state index in [0.29, 0.717) is 35.5 Å². The lowest BCUT2D eigenvalue weighted by Crippen LogP contribution is -2.59. The number of H-pyrrole nitrogens is 1. The second-order valence-electron chi connectivity index (χ2n) is 9.05. The van der Waals surface area contributed by atoms with Crippen molar-refractivity contribution >= 4 is 34.2 Å². The Labute approximate surface area is 186 Å². The summed E-state index contributed by atoms with van der Waals surface area (Å²) >= 11 is 0. The second-order valence-corrected chi connectivity index (χ2v) is 9.05. The van der Waals surface area contributed by atoms with Gasteiger partial charge >= 0.3 is 11.8 Å². The minimum Gasteiger partial charge on any atom is -0.383 e. The van der Waals surface area contributed by atoms with Crippen molar-refractivity contribution in [3.8, 4) is 0 Å². The Morgan fingerprint density at radius 2 is 1.94 bits per heavy atom. The number of hydrogen-bond donors (Lipinski definition) is 3. The number of nitrogens with zero attached hydrogens (tertiary/aromatic N) is 4. The van der Waals surface area contributed by atoms with E-state index in [-0.39, 0.29) is 17.6 Å². The molecule has 1 saturated heterocycles. The fourth-order valence-electron chi connectivity index (χ4n) is 4.74. The Morgan fingerprint density at radius 3 is 2.66 bits per heavy atom. The molecular formula is C23H27N7O2. The number of carbonyl (C=O) groups excluding carboxylic acids is 2.